The van der Waals surface area contributed by atoms with Gasteiger partial charge < -0.3 is 5.11 Å². The molecule has 0 unspecified atom stereocenters. The molecule has 0 spiro atoms. The lowest BCUT2D eigenvalue weighted by molar-refractivity contribution is -0.103. The summed E-state index contributed by atoms with van der Waals surface area (Å²) in [6.45, 7) is 4.45. The van der Waals surface area contributed by atoms with Crippen molar-refractivity contribution in [1.82, 2.24) is 14.5 Å². The van der Waals surface area contributed by atoms with Crippen LogP contribution in [0.4, 0.5) is 0 Å². The molecule has 0 atom stereocenters. The number of likely N-dealkylation sites (tertiary alicyclic amines) is 1. The Morgan fingerprint density at radius 1 is 1.69 bits per heavy atom. The van der Waals surface area contributed by atoms with Crippen molar-refractivity contribution in [1.29, 1.82) is 0 Å². The molecule has 1 aliphatic heterocycles. The third-order valence-electron chi connectivity index (χ3n) is 2.48. The highest BCUT2D eigenvalue weighted by Crippen LogP contribution is 2.25. The van der Waals surface area contributed by atoms with Crippen LogP contribution < -0.4 is 0 Å². The predicted octanol–water partition coefficient (Wildman–Crippen LogP) is 0.495. The molecule has 0 amide bonds. The summed E-state index contributed by atoms with van der Waals surface area (Å²) in [5.74, 6) is 0. The highest BCUT2D eigenvalue weighted by Gasteiger charge is 2.39. The smallest absolute Gasteiger partial charge is 0.0897 e. The fourth-order valence-electron chi connectivity index (χ4n) is 1.60. The summed E-state index contributed by atoms with van der Waals surface area (Å²) >= 11 is 1.42. The molecule has 1 saturated heterocycles. The van der Waals surface area contributed by atoms with Gasteiger partial charge in [0, 0.05) is 19.6 Å². The van der Waals surface area contributed by atoms with Gasteiger partial charge in [-0.15, -0.1) is 5.10 Å². The molecule has 2 heterocycles. The van der Waals surface area contributed by atoms with Crippen LogP contribution in [0, 0.1) is 0 Å². The van der Waals surface area contributed by atoms with Crippen molar-refractivity contribution in [3.8, 4) is 0 Å². The van der Waals surface area contributed by atoms with Gasteiger partial charge in [-0.05, 0) is 18.0 Å². The van der Waals surface area contributed by atoms with Crippen LogP contribution in [0.2, 0.25) is 0 Å². The predicted molar refractivity (Wildman–Crippen MR) is 50.4 cm³/mol. The quantitative estimate of drug-likeness (QED) is 0.770. The van der Waals surface area contributed by atoms with Crippen LogP contribution in [0.5, 0.6) is 0 Å². The Morgan fingerprint density at radius 2 is 2.46 bits per heavy atom. The van der Waals surface area contributed by atoms with Crippen LogP contribution in [-0.4, -0.2) is 38.3 Å². The van der Waals surface area contributed by atoms with Gasteiger partial charge in [-0.3, -0.25) is 4.90 Å². The molecule has 0 saturated carbocycles. The fourth-order valence-corrected chi connectivity index (χ4v) is 2.13. The summed E-state index contributed by atoms with van der Waals surface area (Å²) in [6, 6.07) is 0. The first-order valence-electron chi connectivity index (χ1n) is 4.43. The number of rotatable bonds is 3. The van der Waals surface area contributed by atoms with Gasteiger partial charge in [-0.1, -0.05) is 11.4 Å². The molecule has 4 nitrogen and oxygen atoms in total. The van der Waals surface area contributed by atoms with E-state index in [9.17, 15) is 5.11 Å². The number of hydrogen-bond acceptors (Lipinski definition) is 5. The first-order chi connectivity index (χ1) is 6.22. The van der Waals surface area contributed by atoms with Gasteiger partial charge in [-0.2, -0.15) is 0 Å². The van der Waals surface area contributed by atoms with E-state index in [1.54, 1.807) is 6.20 Å². The van der Waals surface area contributed by atoms with E-state index in [4.69, 9.17) is 0 Å². The van der Waals surface area contributed by atoms with Crippen LogP contribution in [0.15, 0.2) is 6.20 Å². The highest BCUT2D eigenvalue weighted by atomic mass is 32.1. The molecule has 0 aromatic carbocycles. The van der Waals surface area contributed by atoms with Crippen LogP contribution in [-0.2, 0) is 6.54 Å². The molecule has 1 aromatic heterocycles. The standard InChI is InChI=1S/C8H13N3OS/c1-2-8(12)5-11(6-8)4-7-3-9-10-13-7/h3,12H,2,4-6H2,1H3. The zero-order chi connectivity index (χ0) is 9.31. The lowest BCUT2D eigenvalue weighted by Gasteiger charge is -2.45. The van der Waals surface area contributed by atoms with E-state index >= 15 is 0 Å². The second-order valence-electron chi connectivity index (χ2n) is 3.61. The Kier molecular flexibility index (Phi) is 2.31. The maximum atomic E-state index is 9.75. The second-order valence-corrected chi connectivity index (χ2v) is 4.48. The minimum atomic E-state index is -0.432. The van der Waals surface area contributed by atoms with Gasteiger partial charge in [0.25, 0.3) is 0 Å². The van der Waals surface area contributed by atoms with Crippen molar-refractivity contribution < 1.29 is 5.11 Å². The summed E-state index contributed by atoms with van der Waals surface area (Å²) in [4.78, 5) is 3.37. The molecule has 5 heteroatoms. The third kappa shape index (κ3) is 1.87. The van der Waals surface area contributed by atoms with Gasteiger partial charge in [-0.25, -0.2) is 0 Å². The average Bonchev–Trinajstić information content (AvgIpc) is 2.54. The van der Waals surface area contributed by atoms with E-state index in [-0.39, 0.29) is 0 Å². The molecular formula is C8H13N3OS. The monoisotopic (exact) mass is 199 g/mol. The fraction of sp³-hybridized carbons (Fsp3) is 0.750. The van der Waals surface area contributed by atoms with Crippen molar-refractivity contribution in [2.75, 3.05) is 13.1 Å². The molecule has 0 bridgehead atoms. The number of aliphatic hydroxyl groups is 1. The molecule has 1 aromatic rings. The maximum Gasteiger partial charge on any atom is 0.0897 e. The summed E-state index contributed by atoms with van der Waals surface area (Å²) < 4.78 is 3.79. The third-order valence-corrected chi connectivity index (χ3v) is 3.13. The molecule has 2 rings (SSSR count). The molecular weight excluding hydrogens is 186 g/mol. The summed E-state index contributed by atoms with van der Waals surface area (Å²) in [7, 11) is 0. The maximum absolute atomic E-state index is 9.75. The second kappa shape index (κ2) is 3.32. The van der Waals surface area contributed by atoms with E-state index in [0.717, 1.165) is 30.9 Å². The van der Waals surface area contributed by atoms with E-state index in [2.05, 4.69) is 14.5 Å². The van der Waals surface area contributed by atoms with E-state index in [1.807, 2.05) is 6.92 Å². The largest absolute Gasteiger partial charge is 0.387 e. The number of hydrogen-bond donors (Lipinski definition) is 1. The number of β-amino-alcohol motifs (C(OH)–C–C–N with tert-alkyl or cyclic N) is 1. The van der Waals surface area contributed by atoms with E-state index in [0.29, 0.717) is 0 Å². The molecule has 72 valence electrons. The molecule has 0 aliphatic carbocycles. The minimum absolute atomic E-state index is 0.432. The first-order valence-corrected chi connectivity index (χ1v) is 5.20. The van der Waals surface area contributed by atoms with Gasteiger partial charge in [0.15, 0.2) is 0 Å². The van der Waals surface area contributed by atoms with Crippen LogP contribution in [0.3, 0.4) is 0 Å². The summed E-state index contributed by atoms with van der Waals surface area (Å²) in [5, 5.41) is 13.5. The van der Waals surface area contributed by atoms with Gasteiger partial charge in [0.2, 0.25) is 0 Å². The number of aromatic nitrogens is 2. The minimum Gasteiger partial charge on any atom is -0.387 e. The Balaban J connectivity index is 1.82. The van der Waals surface area contributed by atoms with Crippen molar-refractivity contribution >= 4 is 11.5 Å². The van der Waals surface area contributed by atoms with E-state index in [1.165, 1.54) is 11.5 Å². The molecule has 13 heavy (non-hydrogen) atoms. The van der Waals surface area contributed by atoms with Gasteiger partial charge >= 0.3 is 0 Å². The average molecular weight is 199 g/mol. The zero-order valence-electron chi connectivity index (χ0n) is 7.60. The van der Waals surface area contributed by atoms with Crippen molar-refractivity contribution in [3.63, 3.8) is 0 Å². The van der Waals surface area contributed by atoms with Crippen LogP contribution >= 0.6 is 11.5 Å². The molecule has 1 N–H and O–H groups in total. The molecule has 1 aliphatic rings. The summed E-state index contributed by atoms with van der Waals surface area (Å²) in [5.41, 5.74) is -0.432. The van der Waals surface area contributed by atoms with Crippen LogP contribution in [0.1, 0.15) is 18.2 Å². The molecule has 1 fully saturated rings. The van der Waals surface area contributed by atoms with E-state index < -0.39 is 5.60 Å². The lowest BCUT2D eigenvalue weighted by atomic mass is 9.91. The normalized spacial score (nSPS) is 21.4. The zero-order valence-corrected chi connectivity index (χ0v) is 8.42. The number of nitrogens with zero attached hydrogens (tertiary/aromatic N) is 3. The van der Waals surface area contributed by atoms with Crippen molar-refractivity contribution in [3.05, 3.63) is 11.1 Å². The summed E-state index contributed by atoms with van der Waals surface area (Å²) in [6.07, 6.45) is 2.62. The van der Waals surface area contributed by atoms with Crippen molar-refractivity contribution in [2.45, 2.75) is 25.5 Å². The Morgan fingerprint density at radius 3 is 3.00 bits per heavy atom. The van der Waals surface area contributed by atoms with Gasteiger partial charge in [0.05, 0.1) is 16.7 Å². The van der Waals surface area contributed by atoms with Crippen molar-refractivity contribution in [2.24, 2.45) is 0 Å². The highest BCUT2D eigenvalue weighted by molar-refractivity contribution is 7.05. The SMILES string of the molecule is CCC1(O)CN(Cc2cnns2)C1. The first kappa shape index (κ1) is 9.05. The lowest BCUT2D eigenvalue weighted by Crippen LogP contribution is -2.60. The topological polar surface area (TPSA) is 49.2 Å². The molecule has 0 radical (unpaired) electrons. The Hall–Kier alpha value is -0.520. The van der Waals surface area contributed by atoms with Gasteiger partial charge in [0.1, 0.15) is 0 Å². The Bertz CT molecular complexity index is 269. The Labute approximate surface area is 81.4 Å². The van der Waals surface area contributed by atoms with Crippen LogP contribution in [0.25, 0.3) is 0 Å².